The molecule has 1 aliphatic heterocycles. The highest BCUT2D eigenvalue weighted by Gasteiger charge is 2.27. The normalized spacial score (nSPS) is 20.1. The van der Waals surface area contributed by atoms with E-state index in [-0.39, 0.29) is 11.8 Å². The van der Waals surface area contributed by atoms with Crippen molar-refractivity contribution in [2.24, 2.45) is 0 Å². The number of hydrogen-bond acceptors (Lipinski definition) is 4. The summed E-state index contributed by atoms with van der Waals surface area (Å²) in [5.41, 5.74) is 0.880. The Kier molecular flexibility index (Phi) is 2.68. The van der Waals surface area contributed by atoms with Crippen LogP contribution >= 0.6 is 11.3 Å². The molecule has 2 N–H and O–H groups in total. The van der Waals surface area contributed by atoms with E-state index in [0.717, 1.165) is 5.69 Å². The number of anilines is 1. The number of carbonyl (C=O) groups excluding carboxylic acids is 2. The molecule has 2 amide bonds. The molecule has 1 aromatic rings. The van der Waals surface area contributed by atoms with Crippen LogP contribution in [0.5, 0.6) is 0 Å². The summed E-state index contributed by atoms with van der Waals surface area (Å²) in [7, 11) is 0. The highest BCUT2D eigenvalue weighted by Crippen LogP contribution is 2.16. The molecule has 0 unspecified atom stereocenters. The fourth-order valence-electron chi connectivity index (χ4n) is 1.41. The van der Waals surface area contributed by atoms with E-state index in [4.69, 9.17) is 0 Å². The number of amides is 2. The van der Waals surface area contributed by atoms with Crippen LogP contribution in [0.2, 0.25) is 0 Å². The van der Waals surface area contributed by atoms with Gasteiger partial charge in [0, 0.05) is 11.8 Å². The van der Waals surface area contributed by atoms with E-state index in [0.29, 0.717) is 18.0 Å². The molecule has 2 rings (SSSR count). The summed E-state index contributed by atoms with van der Waals surface area (Å²) in [6.45, 7) is 1.86. The molecule has 80 valence electrons. The SMILES string of the molecule is Cc1csc(NC(=O)[C@@H]2CCC(=O)N2)n1. The number of aryl methyl sites for hydroxylation is 1. The first-order valence-corrected chi connectivity index (χ1v) is 5.55. The first-order chi connectivity index (χ1) is 7.15. The Balaban J connectivity index is 1.95. The number of nitrogens with zero attached hydrogens (tertiary/aromatic N) is 1. The Bertz CT molecular complexity index is 402. The topological polar surface area (TPSA) is 71.1 Å². The molecule has 6 heteroatoms. The summed E-state index contributed by atoms with van der Waals surface area (Å²) in [6, 6.07) is -0.401. The van der Waals surface area contributed by atoms with Gasteiger partial charge in [-0.25, -0.2) is 4.98 Å². The van der Waals surface area contributed by atoms with E-state index in [1.165, 1.54) is 11.3 Å². The van der Waals surface area contributed by atoms with Crippen LogP contribution in [0.25, 0.3) is 0 Å². The van der Waals surface area contributed by atoms with Crippen molar-refractivity contribution in [3.05, 3.63) is 11.1 Å². The molecule has 0 aliphatic carbocycles. The lowest BCUT2D eigenvalue weighted by atomic mass is 10.2. The fraction of sp³-hybridized carbons (Fsp3) is 0.444. The van der Waals surface area contributed by atoms with Gasteiger partial charge in [-0.15, -0.1) is 11.3 Å². The Hall–Kier alpha value is -1.43. The minimum atomic E-state index is -0.401. The lowest BCUT2D eigenvalue weighted by Crippen LogP contribution is -2.37. The quantitative estimate of drug-likeness (QED) is 0.777. The van der Waals surface area contributed by atoms with Gasteiger partial charge in [0.25, 0.3) is 0 Å². The predicted molar refractivity (Wildman–Crippen MR) is 56.6 cm³/mol. The van der Waals surface area contributed by atoms with Crippen LogP contribution in [0.3, 0.4) is 0 Å². The molecule has 0 bridgehead atoms. The van der Waals surface area contributed by atoms with Gasteiger partial charge in [0.15, 0.2) is 5.13 Å². The monoisotopic (exact) mass is 225 g/mol. The van der Waals surface area contributed by atoms with Gasteiger partial charge in [0.05, 0.1) is 5.69 Å². The predicted octanol–water partition coefficient (Wildman–Crippen LogP) is 0.669. The lowest BCUT2D eigenvalue weighted by molar-refractivity contribution is -0.122. The molecule has 1 fully saturated rings. The van der Waals surface area contributed by atoms with Gasteiger partial charge in [0.1, 0.15) is 6.04 Å². The van der Waals surface area contributed by atoms with Gasteiger partial charge in [0.2, 0.25) is 11.8 Å². The van der Waals surface area contributed by atoms with Crippen molar-refractivity contribution in [2.45, 2.75) is 25.8 Å². The first kappa shape index (κ1) is 10.1. The van der Waals surface area contributed by atoms with E-state index < -0.39 is 6.04 Å². The molecule has 2 heterocycles. The molecule has 15 heavy (non-hydrogen) atoms. The van der Waals surface area contributed by atoms with Gasteiger partial charge >= 0.3 is 0 Å². The second kappa shape index (κ2) is 3.98. The van der Waals surface area contributed by atoms with Crippen molar-refractivity contribution < 1.29 is 9.59 Å². The largest absolute Gasteiger partial charge is 0.344 e. The van der Waals surface area contributed by atoms with Gasteiger partial charge in [-0.1, -0.05) is 0 Å². The smallest absolute Gasteiger partial charge is 0.248 e. The number of thiazole rings is 1. The second-order valence-corrected chi connectivity index (χ2v) is 4.30. The van der Waals surface area contributed by atoms with Gasteiger partial charge in [-0.2, -0.15) is 0 Å². The Morgan fingerprint density at radius 1 is 1.73 bits per heavy atom. The van der Waals surface area contributed by atoms with Crippen LogP contribution < -0.4 is 10.6 Å². The highest BCUT2D eigenvalue weighted by atomic mass is 32.1. The third-order valence-electron chi connectivity index (χ3n) is 2.16. The van der Waals surface area contributed by atoms with E-state index >= 15 is 0 Å². The Morgan fingerprint density at radius 3 is 3.07 bits per heavy atom. The zero-order valence-corrected chi connectivity index (χ0v) is 9.06. The average molecular weight is 225 g/mol. The number of hydrogen-bond donors (Lipinski definition) is 2. The Labute approximate surface area is 90.9 Å². The summed E-state index contributed by atoms with van der Waals surface area (Å²) in [5, 5.41) is 7.73. The van der Waals surface area contributed by atoms with E-state index in [1.54, 1.807) is 0 Å². The average Bonchev–Trinajstić information content (AvgIpc) is 2.75. The molecule has 1 atom stereocenters. The molecule has 1 saturated heterocycles. The number of aromatic nitrogens is 1. The zero-order chi connectivity index (χ0) is 10.8. The van der Waals surface area contributed by atoms with Crippen LogP contribution in [-0.2, 0) is 9.59 Å². The molecule has 1 aliphatic rings. The first-order valence-electron chi connectivity index (χ1n) is 4.67. The number of carbonyl (C=O) groups is 2. The summed E-state index contributed by atoms with van der Waals surface area (Å²) in [6.07, 6.45) is 0.990. The molecular weight excluding hydrogens is 214 g/mol. The third-order valence-corrected chi connectivity index (χ3v) is 3.04. The minimum absolute atomic E-state index is 0.0644. The van der Waals surface area contributed by atoms with Crippen molar-refractivity contribution >= 4 is 28.3 Å². The van der Waals surface area contributed by atoms with Crippen molar-refractivity contribution in [2.75, 3.05) is 5.32 Å². The van der Waals surface area contributed by atoms with Crippen LogP contribution in [0.4, 0.5) is 5.13 Å². The van der Waals surface area contributed by atoms with Gasteiger partial charge in [-0.05, 0) is 13.3 Å². The molecule has 0 saturated carbocycles. The summed E-state index contributed by atoms with van der Waals surface area (Å²) < 4.78 is 0. The maximum atomic E-state index is 11.6. The van der Waals surface area contributed by atoms with Gasteiger partial charge in [-0.3, -0.25) is 9.59 Å². The van der Waals surface area contributed by atoms with Crippen LogP contribution in [-0.4, -0.2) is 22.8 Å². The lowest BCUT2D eigenvalue weighted by Gasteiger charge is -2.08. The van der Waals surface area contributed by atoms with Crippen LogP contribution in [0, 0.1) is 6.92 Å². The summed E-state index contributed by atoms with van der Waals surface area (Å²) in [4.78, 5) is 26.6. The standard InChI is InChI=1S/C9H11N3O2S/c1-5-4-15-9(10-5)12-8(14)6-2-3-7(13)11-6/h4,6H,2-3H2,1H3,(H,11,13)(H,10,12,14)/t6-/m0/s1. The van der Waals surface area contributed by atoms with Gasteiger partial charge < -0.3 is 10.6 Å². The maximum Gasteiger partial charge on any atom is 0.248 e. The van der Waals surface area contributed by atoms with Crippen molar-refractivity contribution in [3.8, 4) is 0 Å². The molecular formula is C9H11N3O2S. The van der Waals surface area contributed by atoms with Crippen molar-refractivity contribution in [3.63, 3.8) is 0 Å². The molecule has 1 aromatic heterocycles. The van der Waals surface area contributed by atoms with E-state index in [1.807, 2.05) is 12.3 Å². The molecule has 0 radical (unpaired) electrons. The van der Waals surface area contributed by atoms with Crippen LogP contribution in [0.15, 0.2) is 5.38 Å². The van der Waals surface area contributed by atoms with E-state index in [2.05, 4.69) is 15.6 Å². The highest BCUT2D eigenvalue weighted by molar-refractivity contribution is 7.13. The van der Waals surface area contributed by atoms with Crippen molar-refractivity contribution in [1.82, 2.24) is 10.3 Å². The summed E-state index contributed by atoms with van der Waals surface area (Å²) in [5.74, 6) is -0.249. The molecule has 5 nitrogen and oxygen atoms in total. The minimum Gasteiger partial charge on any atom is -0.344 e. The van der Waals surface area contributed by atoms with Crippen LogP contribution in [0.1, 0.15) is 18.5 Å². The summed E-state index contributed by atoms with van der Waals surface area (Å²) >= 11 is 1.38. The maximum absolute atomic E-state index is 11.6. The zero-order valence-electron chi connectivity index (χ0n) is 8.24. The Morgan fingerprint density at radius 2 is 2.53 bits per heavy atom. The number of nitrogens with one attached hydrogen (secondary N) is 2. The van der Waals surface area contributed by atoms with Crippen molar-refractivity contribution in [1.29, 1.82) is 0 Å². The molecule has 0 aromatic carbocycles. The number of rotatable bonds is 2. The molecule has 0 spiro atoms. The van der Waals surface area contributed by atoms with E-state index in [9.17, 15) is 9.59 Å². The fourth-order valence-corrected chi connectivity index (χ4v) is 2.11. The third kappa shape index (κ3) is 2.33. The second-order valence-electron chi connectivity index (χ2n) is 3.44.